The van der Waals surface area contributed by atoms with Gasteiger partial charge in [-0.1, -0.05) is 61.5 Å². The summed E-state index contributed by atoms with van der Waals surface area (Å²) < 4.78 is 13.6. The van der Waals surface area contributed by atoms with Gasteiger partial charge in [0.15, 0.2) is 0 Å². The molecule has 0 spiro atoms. The van der Waals surface area contributed by atoms with Gasteiger partial charge in [-0.3, -0.25) is 4.79 Å². The summed E-state index contributed by atoms with van der Waals surface area (Å²) in [5.74, 6) is 0.382. The first-order valence-electron chi connectivity index (χ1n) is 9.95. The Labute approximate surface area is 164 Å². The second-order valence-corrected chi connectivity index (χ2v) is 7.69. The zero-order valence-corrected chi connectivity index (χ0v) is 15.8. The van der Waals surface area contributed by atoms with E-state index in [0.717, 1.165) is 17.7 Å². The summed E-state index contributed by atoms with van der Waals surface area (Å²) in [6.07, 6.45) is 5.88. The quantitative estimate of drug-likeness (QED) is 0.496. The van der Waals surface area contributed by atoms with Gasteiger partial charge < -0.3 is 4.90 Å². The minimum Gasteiger partial charge on any atom is -0.304 e. The first-order valence-corrected chi connectivity index (χ1v) is 9.95. The molecule has 0 fully saturated rings. The number of carbonyl (C=O) groups is 1. The molecular weight excluding hydrogens is 349 g/mol. The fourth-order valence-corrected chi connectivity index (χ4v) is 5.01. The van der Waals surface area contributed by atoms with Crippen LogP contribution in [0.25, 0.3) is 10.8 Å². The van der Waals surface area contributed by atoms with Gasteiger partial charge in [-0.15, -0.1) is 0 Å². The summed E-state index contributed by atoms with van der Waals surface area (Å²) >= 11 is 0. The number of amides is 1. The molecule has 0 unspecified atom stereocenters. The molecule has 5 rings (SSSR count). The molecule has 3 aromatic carbocycles. The first-order chi connectivity index (χ1) is 13.7. The second kappa shape index (κ2) is 6.59. The van der Waals surface area contributed by atoms with Crippen LogP contribution in [0.4, 0.5) is 10.1 Å². The van der Waals surface area contributed by atoms with E-state index in [1.807, 2.05) is 24.0 Å². The highest BCUT2D eigenvalue weighted by Gasteiger charge is 2.44. The molecule has 0 saturated heterocycles. The zero-order chi connectivity index (χ0) is 19.3. The molecule has 0 radical (unpaired) electrons. The highest BCUT2D eigenvalue weighted by Crippen LogP contribution is 2.54. The van der Waals surface area contributed by atoms with Crippen molar-refractivity contribution in [3.8, 4) is 0 Å². The summed E-state index contributed by atoms with van der Waals surface area (Å²) in [7, 11) is 0. The van der Waals surface area contributed by atoms with Gasteiger partial charge in [0.05, 0.1) is 6.04 Å². The third-order valence-electron chi connectivity index (χ3n) is 6.22. The molecule has 2 nitrogen and oxygen atoms in total. The van der Waals surface area contributed by atoms with E-state index < -0.39 is 0 Å². The number of hydrogen-bond donors (Lipinski definition) is 0. The van der Waals surface area contributed by atoms with Gasteiger partial charge in [0.25, 0.3) is 0 Å². The lowest BCUT2D eigenvalue weighted by Crippen LogP contribution is -2.43. The maximum atomic E-state index is 13.6. The van der Waals surface area contributed by atoms with Gasteiger partial charge in [0.2, 0.25) is 5.91 Å². The van der Waals surface area contributed by atoms with E-state index in [4.69, 9.17) is 0 Å². The molecule has 0 bridgehead atoms. The third-order valence-corrected chi connectivity index (χ3v) is 6.22. The van der Waals surface area contributed by atoms with Crippen molar-refractivity contribution < 1.29 is 9.18 Å². The fourth-order valence-electron chi connectivity index (χ4n) is 5.01. The van der Waals surface area contributed by atoms with Crippen LogP contribution in [0, 0.1) is 11.7 Å². The number of nitrogens with zero attached hydrogens (tertiary/aromatic N) is 1. The molecule has 3 aromatic rings. The van der Waals surface area contributed by atoms with Gasteiger partial charge in [-0.2, -0.15) is 0 Å². The maximum absolute atomic E-state index is 13.6. The lowest BCUT2D eigenvalue weighted by atomic mass is 9.74. The SMILES string of the molecule is CCC(=O)N1c2ccc3ccccc3c2[C@@H]2C=CC[C@H]2[C@H]1c1ccc(F)cc1. The van der Waals surface area contributed by atoms with Crippen molar-refractivity contribution in [1.29, 1.82) is 0 Å². The van der Waals surface area contributed by atoms with Gasteiger partial charge in [-0.05, 0) is 52.4 Å². The van der Waals surface area contributed by atoms with Crippen LogP contribution in [0.1, 0.15) is 42.9 Å². The second-order valence-electron chi connectivity index (χ2n) is 7.69. The summed E-state index contributed by atoms with van der Waals surface area (Å²) in [5.41, 5.74) is 3.24. The lowest BCUT2D eigenvalue weighted by molar-refractivity contribution is -0.119. The largest absolute Gasteiger partial charge is 0.304 e. The minimum absolute atomic E-state index is 0.0817. The normalized spacial score (nSPS) is 22.9. The topological polar surface area (TPSA) is 20.3 Å². The van der Waals surface area contributed by atoms with Crippen molar-refractivity contribution in [2.24, 2.45) is 5.92 Å². The summed E-state index contributed by atoms with van der Waals surface area (Å²) in [6.45, 7) is 1.91. The Hall–Kier alpha value is -2.94. The van der Waals surface area contributed by atoms with E-state index in [1.165, 1.54) is 28.5 Å². The van der Waals surface area contributed by atoms with Crippen LogP contribution >= 0.6 is 0 Å². The van der Waals surface area contributed by atoms with Crippen molar-refractivity contribution in [1.82, 2.24) is 0 Å². The summed E-state index contributed by atoms with van der Waals surface area (Å²) in [6, 6.07) is 19.2. The van der Waals surface area contributed by atoms with Crippen molar-refractivity contribution in [3.05, 3.63) is 89.8 Å². The van der Waals surface area contributed by atoms with Crippen LogP contribution in [-0.2, 0) is 4.79 Å². The van der Waals surface area contributed by atoms with E-state index in [-0.39, 0.29) is 29.6 Å². The van der Waals surface area contributed by atoms with Crippen molar-refractivity contribution >= 4 is 22.4 Å². The summed E-state index contributed by atoms with van der Waals surface area (Å²) in [5, 5.41) is 2.41. The van der Waals surface area contributed by atoms with Crippen molar-refractivity contribution in [2.75, 3.05) is 4.90 Å². The fraction of sp³-hybridized carbons (Fsp3) is 0.240. The van der Waals surface area contributed by atoms with Gasteiger partial charge >= 0.3 is 0 Å². The third kappa shape index (κ3) is 2.50. The van der Waals surface area contributed by atoms with E-state index in [2.05, 4.69) is 48.6 Å². The number of halogens is 1. The highest BCUT2D eigenvalue weighted by atomic mass is 19.1. The molecule has 2 aliphatic rings. The molecule has 0 N–H and O–H groups in total. The smallest absolute Gasteiger partial charge is 0.227 e. The van der Waals surface area contributed by atoms with E-state index in [1.54, 1.807) is 0 Å². The maximum Gasteiger partial charge on any atom is 0.227 e. The Kier molecular flexibility index (Phi) is 4.04. The van der Waals surface area contributed by atoms with E-state index in [9.17, 15) is 9.18 Å². The summed E-state index contributed by atoms with van der Waals surface area (Å²) in [4.78, 5) is 15.1. The average Bonchev–Trinajstić information content (AvgIpc) is 3.22. The van der Waals surface area contributed by atoms with Crippen LogP contribution in [0.5, 0.6) is 0 Å². The van der Waals surface area contributed by atoms with Crippen molar-refractivity contribution in [2.45, 2.75) is 31.7 Å². The molecular formula is C25H22FNO. The van der Waals surface area contributed by atoms with Gasteiger partial charge in [-0.25, -0.2) is 4.39 Å². The Morgan fingerprint density at radius 1 is 1.07 bits per heavy atom. The van der Waals surface area contributed by atoms with E-state index >= 15 is 0 Å². The van der Waals surface area contributed by atoms with Crippen LogP contribution in [0.3, 0.4) is 0 Å². The number of fused-ring (bicyclic) bond motifs is 5. The zero-order valence-electron chi connectivity index (χ0n) is 15.8. The van der Waals surface area contributed by atoms with Crippen LogP contribution in [0.15, 0.2) is 72.8 Å². The molecule has 3 heteroatoms. The molecule has 140 valence electrons. The predicted octanol–water partition coefficient (Wildman–Crippen LogP) is 6.14. The molecule has 0 saturated carbocycles. The minimum atomic E-state index is -0.250. The lowest BCUT2D eigenvalue weighted by Gasteiger charge is -2.45. The van der Waals surface area contributed by atoms with E-state index in [0.29, 0.717) is 6.42 Å². The van der Waals surface area contributed by atoms with Gasteiger partial charge in [0, 0.05) is 18.0 Å². The van der Waals surface area contributed by atoms with Crippen LogP contribution < -0.4 is 4.90 Å². The molecule has 28 heavy (non-hydrogen) atoms. The predicted molar refractivity (Wildman–Crippen MR) is 111 cm³/mol. The van der Waals surface area contributed by atoms with Crippen molar-refractivity contribution in [3.63, 3.8) is 0 Å². The number of benzene rings is 3. The number of carbonyl (C=O) groups excluding carboxylic acids is 1. The molecule has 1 heterocycles. The molecule has 0 aromatic heterocycles. The monoisotopic (exact) mass is 371 g/mol. The Balaban J connectivity index is 1.78. The molecule has 1 amide bonds. The number of anilines is 1. The molecule has 3 atom stereocenters. The number of allylic oxidation sites excluding steroid dienone is 2. The molecule has 1 aliphatic carbocycles. The average molecular weight is 371 g/mol. The number of hydrogen-bond acceptors (Lipinski definition) is 1. The van der Waals surface area contributed by atoms with Crippen LogP contribution in [0.2, 0.25) is 0 Å². The number of rotatable bonds is 2. The highest BCUT2D eigenvalue weighted by molar-refractivity contribution is 6.01. The Morgan fingerprint density at radius 2 is 1.86 bits per heavy atom. The molecule has 1 aliphatic heterocycles. The van der Waals surface area contributed by atoms with Crippen LogP contribution in [-0.4, -0.2) is 5.91 Å². The Bertz CT molecular complexity index is 1090. The Morgan fingerprint density at radius 3 is 2.64 bits per heavy atom. The van der Waals surface area contributed by atoms with Gasteiger partial charge in [0.1, 0.15) is 5.82 Å². The first kappa shape index (κ1) is 17.2. The standard InChI is InChI=1S/C25H22FNO/c1-2-23(28)27-22-15-12-16-6-3-4-7-19(16)24(22)20-8-5-9-21(20)25(27)17-10-13-18(26)14-11-17/h3-8,10-15,20-21,25H,2,9H2,1H3/t20-,21-,25-/m1/s1.